The third-order valence-corrected chi connectivity index (χ3v) is 9.21. The van der Waals surface area contributed by atoms with Gasteiger partial charge in [0, 0.05) is 5.56 Å². The van der Waals surface area contributed by atoms with Crippen LogP contribution in [0.1, 0.15) is 47.0 Å². The molecule has 3 aromatic carbocycles. The summed E-state index contributed by atoms with van der Waals surface area (Å²) in [6.45, 7) is 5.30. The predicted octanol–water partition coefficient (Wildman–Crippen LogP) is 3.50. The van der Waals surface area contributed by atoms with E-state index in [2.05, 4.69) is 5.32 Å². The molecular formula is C29H28N2O5S. The fraction of sp³-hybridized carbons (Fsp3) is 0.276. The molecule has 8 heteroatoms. The van der Waals surface area contributed by atoms with Gasteiger partial charge in [0.25, 0.3) is 11.8 Å². The number of hydrogen-bond donors (Lipinski definition) is 1. The Bertz CT molecular complexity index is 1270. The molecule has 0 saturated carbocycles. The van der Waals surface area contributed by atoms with Gasteiger partial charge >= 0.3 is 5.97 Å². The van der Waals surface area contributed by atoms with Crippen LogP contribution in [0.2, 0.25) is 0 Å². The summed E-state index contributed by atoms with van der Waals surface area (Å²) in [5.74, 6) is -1.50. The van der Waals surface area contributed by atoms with E-state index in [4.69, 9.17) is 4.74 Å². The van der Waals surface area contributed by atoms with Gasteiger partial charge in [0.2, 0.25) is 5.37 Å². The van der Waals surface area contributed by atoms with Gasteiger partial charge in [-0.05, 0) is 55.2 Å². The summed E-state index contributed by atoms with van der Waals surface area (Å²) in [5.41, 5.74) is 2.98. The molecule has 37 heavy (non-hydrogen) atoms. The first-order chi connectivity index (χ1) is 17.7. The number of benzene rings is 3. The molecule has 3 aromatic rings. The third kappa shape index (κ3) is 4.40. The Balaban J connectivity index is 1.38. The number of nitrogens with one attached hydrogen (secondary N) is 1. The maximum absolute atomic E-state index is 13.6. The molecule has 1 N–H and O–H groups in total. The standard InChI is InChI=1S/C29H28N2O5S/c1-18-14-16-21(17-15-18)25(32)30-22-26(33)31-24(29(2,3)37(35)27(22)31)28(34)36-23(19-10-6-4-7-11-19)20-12-8-5-9-13-20/h4-17,22-24,27H,1-3H3,(H,30,32)/t22-,24-,27+,37+/m0/s1. The van der Waals surface area contributed by atoms with Crippen LogP contribution in [-0.2, 0) is 25.5 Å². The number of nitrogens with zero attached hydrogens (tertiary/aromatic N) is 1. The fourth-order valence-corrected chi connectivity index (χ4v) is 6.88. The van der Waals surface area contributed by atoms with Crippen molar-refractivity contribution < 1.29 is 23.7 Å². The summed E-state index contributed by atoms with van der Waals surface area (Å²) >= 11 is -1.61. The molecule has 2 amide bonds. The zero-order valence-electron chi connectivity index (χ0n) is 20.8. The second-order valence-corrected chi connectivity index (χ2v) is 12.0. The van der Waals surface area contributed by atoms with Gasteiger partial charge in [-0.3, -0.25) is 14.5 Å². The lowest BCUT2D eigenvalue weighted by molar-refractivity contribution is -0.166. The van der Waals surface area contributed by atoms with Crippen molar-refractivity contribution in [2.24, 2.45) is 0 Å². The number of β-lactam (4-membered cyclic amide) rings is 1. The molecule has 7 nitrogen and oxygen atoms in total. The smallest absolute Gasteiger partial charge is 0.335 e. The first-order valence-electron chi connectivity index (χ1n) is 12.1. The van der Waals surface area contributed by atoms with Crippen molar-refractivity contribution in [2.45, 2.75) is 49.1 Å². The highest BCUT2D eigenvalue weighted by atomic mass is 32.2. The number of amides is 2. The Labute approximate surface area is 219 Å². The van der Waals surface area contributed by atoms with Gasteiger partial charge in [-0.2, -0.15) is 0 Å². The minimum absolute atomic E-state index is 0.407. The van der Waals surface area contributed by atoms with Crippen LogP contribution >= 0.6 is 0 Å². The number of fused-ring (bicyclic) bond motifs is 1. The van der Waals surface area contributed by atoms with E-state index in [9.17, 15) is 18.9 Å². The lowest BCUT2D eigenvalue weighted by atomic mass is 9.95. The average Bonchev–Trinajstić information content (AvgIpc) is 3.09. The van der Waals surface area contributed by atoms with Gasteiger partial charge in [0.15, 0.2) is 22.9 Å². The van der Waals surface area contributed by atoms with E-state index in [0.717, 1.165) is 16.7 Å². The number of hydrogen-bond acceptors (Lipinski definition) is 5. The minimum Gasteiger partial charge on any atom is -0.614 e. The van der Waals surface area contributed by atoms with Gasteiger partial charge in [-0.25, -0.2) is 4.79 Å². The van der Waals surface area contributed by atoms with Gasteiger partial charge in [0.05, 0.1) is 0 Å². The van der Waals surface area contributed by atoms with Gasteiger partial charge in [0.1, 0.15) is 0 Å². The molecule has 2 aliphatic heterocycles. The monoisotopic (exact) mass is 516 g/mol. The minimum atomic E-state index is -1.61. The Kier molecular flexibility index (Phi) is 6.56. The van der Waals surface area contributed by atoms with Crippen molar-refractivity contribution in [2.75, 3.05) is 0 Å². The molecule has 4 atom stereocenters. The van der Waals surface area contributed by atoms with E-state index in [1.165, 1.54) is 4.90 Å². The normalized spacial score (nSPS) is 23.8. The summed E-state index contributed by atoms with van der Waals surface area (Å²) in [5, 5.41) is 1.91. The van der Waals surface area contributed by atoms with E-state index in [-0.39, 0.29) is 0 Å². The molecule has 2 heterocycles. The maximum Gasteiger partial charge on any atom is 0.335 e. The van der Waals surface area contributed by atoms with Crippen molar-refractivity contribution in [3.05, 3.63) is 107 Å². The van der Waals surface area contributed by atoms with Crippen LogP contribution in [0.5, 0.6) is 0 Å². The van der Waals surface area contributed by atoms with Crippen molar-refractivity contribution in [1.29, 1.82) is 0 Å². The largest absolute Gasteiger partial charge is 0.614 e. The van der Waals surface area contributed by atoms with Crippen molar-refractivity contribution in [1.82, 2.24) is 10.2 Å². The third-order valence-electron chi connectivity index (χ3n) is 7.02. The van der Waals surface area contributed by atoms with E-state index in [1.54, 1.807) is 26.0 Å². The zero-order chi connectivity index (χ0) is 26.3. The molecule has 2 saturated heterocycles. The summed E-state index contributed by atoms with van der Waals surface area (Å²) in [4.78, 5) is 40.9. The molecule has 0 spiro atoms. The summed E-state index contributed by atoms with van der Waals surface area (Å²) in [6.07, 6.45) is -0.688. The molecule has 0 aromatic heterocycles. The van der Waals surface area contributed by atoms with E-state index in [0.29, 0.717) is 5.56 Å². The summed E-state index contributed by atoms with van der Waals surface area (Å²) < 4.78 is 18.5. The number of esters is 1. The number of carbonyl (C=O) groups excluding carboxylic acids is 3. The summed E-state index contributed by atoms with van der Waals surface area (Å²) in [7, 11) is 0. The summed E-state index contributed by atoms with van der Waals surface area (Å²) in [6, 6.07) is 23.7. The molecule has 190 valence electrons. The first-order valence-corrected chi connectivity index (χ1v) is 13.3. The van der Waals surface area contributed by atoms with Gasteiger partial charge in [-0.1, -0.05) is 78.4 Å². The second-order valence-electron chi connectivity index (χ2n) is 9.89. The van der Waals surface area contributed by atoms with Crippen LogP contribution in [0.15, 0.2) is 84.9 Å². The highest BCUT2D eigenvalue weighted by Gasteiger charge is 2.73. The molecule has 2 aliphatic rings. The lowest BCUT2D eigenvalue weighted by Crippen LogP contribution is -2.72. The molecule has 5 rings (SSSR count). The van der Waals surface area contributed by atoms with Crippen molar-refractivity contribution in [3.63, 3.8) is 0 Å². The Morgan fingerprint density at radius 2 is 1.49 bits per heavy atom. The number of ether oxygens (including phenoxy) is 1. The van der Waals surface area contributed by atoms with E-state index in [1.807, 2.05) is 79.7 Å². The van der Waals surface area contributed by atoms with Crippen LogP contribution in [-0.4, -0.2) is 49.4 Å². The number of carbonyl (C=O) groups is 3. The molecule has 2 fully saturated rings. The van der Waals surface area contributed by atoms with Crippen molar-refractivity contribution >= 4 is 29.0 Å². The fourth-order valence-electron chi connectivity index (χ4n) is 4.97. The Hall–Kier alpha value is -3.62. The molecule has 0 bridgehead atoms. The zero-order valence-corrected chi connectivity index (χ0v) is 21.6. The van der Waals surface area contributed by atoms with Crippen LogP contribution in [0, 0.1) is 6.92 Å². The Morgan fingerprint density at radius 1 is 0.946 bits per heavy atom. The SMILES string of the molecule is Cc1ccc(C(=O)N[C@H]2C(=O)N3[C@@H]2[S@@+]([O-])C(C)(C)[C@@H]3C(=O)OC(c2ccccc2)c2ccccc2)cc1. The van der Waals surface area contributed by atoms with Crippen LogP contribution in [0.25, 0.3) is 0 Å². The first kappa shape index (κ1) is 25.0. The molecule has 0 unspecified atom stereocenters. The highest BCUT2D eigenvalue weighted by molar-refractivity contribution is 7.94. The van der Waals surface area contributed by atoms with Crippen LogP contribution < -0.4 is 5.32 Å². The predicted molar refractivity (Wildman–Crippen MR) is 140 cm³/mol. The van der Waals surface area contributed by atoms with E-state index >= 15 is 0 Å². The van der Waals surface area contributed by atoms with Crippen molar-refractivity contribution in [3.8, 4) is 0 Å². The van der Waals surface area contributed by atoms with E-state index < -0.39 is 57.3 Å². The number of rotatable bonds is 6. The number of aryl methyl sites for hydroxylation is 1. The highest BCUT2D eigenvalue weighted by Crippen LogP contribution is 2.47. The second kappa shape index (κ2) is 9.68. The van der Waals surface area contributed by atoms with Gasteiger partial charge in [-0.15, -0.1) is 0 Å². The average molecular weight is 517 g/mol. The van der Waals surface area contributed by atoms with Gasteiger partial charge < -0.3 is 14.6 Å². The Morgan fingerprint density at radius 3 is 2.03 bits per heavy atom. The molecular weight excluding hydrogens is 488 g/mol. The molecule has 0 aliphatic carbocycles. The quantitative estimate of drug-likeness (QED) is 0.307. The maximum atomic E-state index is 13.6. The lowest BCUT2D eigenvalue weighted by Gasteiger charge is -2.41. The van der Waals surface area contributed by atoms with Crippen LogP contribution in [0.3, 0.4) is 0 Å². The topological polar surface area (TPSA) is 98.8 Å². The molecule has 0 radical (unpaired) electrons. The van der Waals surface area contributed by atoms with Crippen LogP contribution in [0.4, 0.5) is 0 Å².